The van der Waals surface area contributed by atoms with Gasteiger partial charge in [0.15, 0.2) is 0 Å². The Hall–Kier alpha value is -4.86. The second-order valence-electron chi connectivity index (χ2n) is 11.1. The summed E-state index contributed by atoms with van der Waals surface area (Å²) in [5.41, 5.74) is 6.59. The van der Waals surface area contributed by atoms with E-state index < -0.39 is 6.29 Å². The van der Waals surface area contributed by atoms with Gasteiger partial charge in [-0.1, -0.05) is 141 Å². The molecule has 0 aromatic heterocycles. The molecule has 0 N–H and O–H groups in total. The van der Waals surface area contributed by atoms with Gasteiger partial charge in [-0.15, -0.1) is 0 Å². The third kappa shape index (κ3) is 6.85. The van der Waals surface area contributed by atoms with Crippen LogP contribution in [0.15, 0.2) is 146 Å². The molecule has 0 saturated heterocycles. The summed E-state index contributed by atoms with van der Waals surface area (Å²) in [4.78, 5) is 0. The van der Waals surface area contributed by atoms with Crippen molar-refractivity contribution in [2.75, 3.05) is 13.2 Å². The summed E-state index contributed by atoms with van der Waals surface area (Å²) < 4.78 is 19.5. The van der Waals surface area contributed by atoms with Crippen LogP contribution in [0.5, 0.6) is 11.5 Å². The molecule has 0 aliphatic carbocycles. The molecule has 3 heteroatoms. The molecule has 44 heavy (non-hydrogen) atoms. The van der Waals surface area contributed by atoms with E-state index in [1.807, 2.05) is 24.3 Å². The first-order valence-electron chi connectivity index (χ1n) is 15.4. The van der Waals surface area contributed by atoms with Gasteiger partial charge >= 0.3 is 0 Å². The highest BCUT2D eigenvalue weighted by Crippen LogP contribution is 2.39. The molecule has 0 fully saturated rings. The Bertz CT molecular complexity index is 1720. The van der Waals surface area contributed by atoms with Crippen LogP contribution >= 0.6 is 0 Å². The zero-order chi connectivity index (χ0) is 30.1. The second-order valence-corrected chi connectivity index (χ2v) is 11.1. The average Bonchev–Trinajstić information content (AvgIpc) is 3.10. The Morgan fingerprint density at radius 3 is 1.77 bits per heavy atom. The molecule has 0 saturated carbocycles. The van der Waals surface area contributed by atoms with Gasteiger partial charge in [0.1, 0.15) is 18.1 Å². The van der Waals surface area contributed by atoms with Crippen LogP contribution in [0.3, 0.4) is 0 Å². The van der Waals surface area contributed by atoms with Crippen LogP contribution in [0, 0.1) is 0 Å². The molecule has 0 heterocycles. The quantitative estimate of drug-likeness (QED) is 0.107. The van der Waals surface area contributed by atoms with E-state index in [2.05, 4.69) is 135 Å². The number of para-hydroxylation sites is 1. The van der Waals surface area contributed by atoms with E-state index in [9.17, 15) is 0 Å². The summed E-state index contributed by atoms with van der Waals surface area (Å²) in [6.07, 6.45) is 0.512. The lowest BCUT2D eigenvalue weighted by Gasteiger charge is -2.22. The molecule has 6 aromatic rings. The lowest BCUT2D eigenvalue weighted by Crippen LogP contribution is -2.16. The normalized spacial score (nSPS) is 12.5. The fraction of sp³-hybridized carbons (Fsp3) is 0.171. The second kappa shape index (κ2) is 14.1. The van der Waals surface area contributed by atoms with E-state index in [0.717, 1.165) is 51.1 Å². The van der Waals surface area contributed by atoms with Crippen molar-refractivity contribution in [3.05, 3.63) is 157 Å². The molecule has 0 aliphatic heterocycles. The zero-order valence-electron chi connectivity index (χ0n) is 25.4. The predicted octanol–water partition coefficient (Wildman–Crippen LogP) is 10.9. The van der Waals surface area contributed by atoms with E-state index in [1.54, 1.807) is 0 Å². The molecular weight excluding hydrogens is 540 g/mol. The number of hydrogen-bond donors (Lipinski definition) is 0. The van der Waals surface area contributed by atoms with E-state index in [0.29, 0.717) is 19.1 Å². The van der Waals surface area contributed by atoms with Crippen molar-refractivity contribution in [2.45, 2.75) is 32.5 Å². The molecule has 0 radical (unpaired) electrons. The number of benzene rings is 6. The largest absolute Gasteiger partial charge is 0.490 e. The van der Waals surface area contributed by atoms with Gasteiger partial charge in [-0.3, -0.25) is 0 Å². The van der Waals surface area contributed by atoms with Crippen LogP contribution in [-0.4, -0.2) is 13.2 Å². The minimum Gasteiger partial charge on any atom is -0.490 e. The summed E-state index contributed by atoms with van der Waals surface area (Å²) in [6, 6.07) is 50.1. The highest BCUT2D eigenvalue weighted by atomic mass is 16.7. The van der Waals surface area contributed by atoms with E-state index in [-0.39, 0.29) is 0 Å². The molecule has 2 atom stereocenters. The fourth-order valence-electron chi connectivity index (χ4n) is 5.47. The van der Waals surface area contributed by atoms with Gasteiger partial charge in [0, 0.05) is 16.7 Å². The van der Waals surface area contributed by atoms with E-state index in [4.69, 9.17) is 14.2 Å². The maximum atomic E-state index is 6.56. The van der Waals surface area contributed by atoms with Gasteiger partial charge in [-0.2, -0.15) is 0 Å². The van der Waals surface area contributed by atoms with Crippen LogP contribution < -0.4 is 9.47 Å². The van der Waals surface area contributed by atoms with E-state index >= 15 is 0 Å². The third-order valence-corrected chi connectivity index (χ3v) is 8.13. The van der Waals surface area contributed by atoms with Gasteiger partial charge in [-0.05, 0) is 58.0 Å². The van der Waals surface area contributed by atoms with Gasteiger partial charge < -0.3 is 14.2 Å². The summed E-state index contributed by atoms with van der Waals surface area (Å²) in [6.45, 7) is 5.17. The number of fused-ring (bicyclic) bond motifs is 1. The van der Waals surface area contributed by atoms with Crippen molar-refractivity contribution < 1.29 is 14.2 Å². The number of hydrogen-bond acceptors (Lipinski definition) is 3. The molecule has 0 amide bonds. The van der Waals surface area contributed by atoms with E-state index in [1.165, 1.54) is 10.9 Å². The summed E-state index contributed by atoms with van der Waals surface area (Å²) >= 11 is 0. The molecule has 0 bridgehead atoms. The van der Waals surface area contributed by atoms with Crippen LogP contribution in [-0.2, 0) is 4.74 Å². The molecule has 3 nitrogen and oxygen atoms in total. The van der Waals surface area contributed by atoms with Gasteiger partial charge in [0.05, 0.1) is 6.61 Å². The van der Waals surface area contributed by atoms with Gasteiger partial charge in [0.25, 0.3) is 0 Å². The zero-order valence-corrected chi connectivity index (χ0v) is 25.4. The third-order valence-electron chi connectivity index (χ3n) is 8.13. The Labute approximate surface area is 260 Å². The highest BCUT2D eigenvalue weighted by molar-refractivity contribution is 5.83. The molecular formula is C41H38O3. The lowest BCUT2D eigenvalue weighted by atomic mass is 9.97. The topological polar surface area (TPSA) is 27.7 Å². The first-order valence-corrected chi connectivity index (χ1v) is 15.4. The van der Waals surface area contributed by atoms with Crippen LogP contribution in [0.4, 0.5) is 0 Å². The summed E-state index contributed by atoms with van der Waals surface area (Å²) in [5, 5.41) is 2.33. The Morgan fingerprint density at radius 2 is 1.14 bits per heavy atom. The maximum Gasteiger partial charge on any atom is 0.226 e. The lowest BCUT2D eigenvalue weighted by molar-refractivity contribution is -0.0901. The minimum atomic E-state index is -0.587. The maximum absolute atomic E-state index is 6.56. The molecule has 6 rings (SSSR count). The molecule has 0 aliphatic rings. The SMILES string of the molecule is CCC(C)c1ccc(OC(OCCOc2c(-c3ccccc3)cccc2-c2ccccc2)c2ccc3ccccc3c2)cc1. The minimum absolute atomic E-state index is 0.347. The Kier molecular flexibility index (Phi) is 9.35. The standard InChI is InChI=1S/C41H38O3/c1-3-30(2)31-23-25-37(26-24-31)44-41(36-22-21-32-13-10-11-18-35(32)29-36)43-28-27-42-40-38(33-14-6-4-7-15-33)19-12-20-39(40)34-16-8-5-9-17-34/h4-26,29-30,41H,3,27-28H2,1-2H3. The fourth-order valence-corrected chi connectivity index (χ4v) is 5.47. The predicted molar refractivity (Wildman–Crippen MR) is 181 cm³/mol. The van der Waals surface area contributed by atoms with Crippen molar-refractivity contribution in [2.24, 2.45) is 0 Å². The first-order chi connectivity index (χ1) is 21.7. The van der Waals surface area contributed by atoms with Crippen molar-refractivity contribution in [3.63, 3.8) is 0 Å². The van der Waals surface area contributed by atoms with Gasteiger partial charge in [0.2, 0.25) is 6.29 Å². The molecule has 2 unspecified atom stereocenters. The van der Waals surface area contributed by atoms with Crippen LogP contribution in [0.2, 0.25) is 0 Å². The molecule has 0 spiro atoms. The van der Waals surface area contributed by atoms with Crippen molar-refractivity contribution >= 4 is 10.8 Å². The Balaban J connectivity index is 1.24. The van der Waals surface area contributed by atoms with Crippen LogP contribution in [0.1, 0.15) is 43.6 Å². The van der Waals surface area contributed by atoms with Crippen LogP contribution in [0.25, 0.3) is 33.0 Å². The summed E-state index contributed by atoms with van der Waals surface area (Å²) in [7, 11) is 0. The Morgan fingerprint density at radius 1 is 0.545 bits per heavy atom. The smallest absolute Gasteiger partial charge is 0.226 e. The van der Waals surface area contributed by atoms with Gasteiger partial charge in [-0.25, -0.2) is 0 Å². The van der Waals surface area contributed by atoms with Crippen molar-refractivity contribution in [1.82, 2.24) is 0 Å². The number of rotatable bonds is 12. The first kappa shape index (κ1) is 29.2. The highest BCUT2D eigenvalue weighted by Gasteiger charge is 2.17. The van der Waals surface area contributed by atoms with Crippen molar-refractivity contribution in [1.29, 1.82) is 0 Å². The summed E-state index contributed by atoms with van der Waals surface area (Å²) in [5.74, 6) is 2.13. The average molecular weight is 579 g/mol. The van der Waals surface area contributed by atoms with Crippen molar-refractivity contribution in [3.8, 4) is 33.8 Å². The molecule has 220 valence electrons. The molecule has 6 aromatic carbocycles. The number of ether oxygens (including phenoxy) is 3. The monoisotopic (exact) mass is 578 g/mol.